The molecule has 50 heavy (non-hydrogen) atoms. The average Bonchev–Trinajstić information content (AvgIpc) is 3.74. The number of nitrogens with zero attached hydrogens (tertiary/aromatic N) is 4. The molecule has 0 unspecified atom stereocenters. The number of rotatable bonds is 5. The first-order valence-corrected chi connectivity index (χ1v) is 17.5. The van der Waals surface area contributed by atoms with Crippen LogP contribution in [0.3, 0.4) is 0 Å². The summed E-state index contributed by atoms with van der Waals surface area (Å²) in [5, 5.41) is 4.79. The maximum atomic E-state index is 5.26. The molecular formula is C45H28N4S. The molecule has 3 heterocycles. The van der Waals surface area contributed by atoms with Gasteiger partial charge < -0.3 is 4.57 Å². The van der Waals surface area contributed by atoms with Crippen molar-refractivity contribution in [2.75, 3.05) is 0 Å². The first-order chi connectivity index (χ1) is 24.8. The Hall–Kier alpha value is -6.43. The second-order valence-electron chi connectivity index (χ2n) is 12.4. The average molecular weight is 657 g/mol. The number of thiophene rings is 1. The fourth-order valence-corrected chi connectivity index (χ4v) is 8.32. The Bertz CT molecular complexity index is 2800. The van der Waals surface area contributed by atoms with Crippen molar-refractivity contribution in [2.45, 2.75) is 0 Å². The molecule has 0 N–H and O–H groups in total. The van der Waals surface area contributed by atoms with E-state index in [-0.39, 0.29) is 0 Å². The van der Waals surface area contributed by atoms with Gasteiger partial charge in [-0.2, -0.15) is 0 Å². The number of hydrogen-bond donors (Lipinski definition) is 0. The van der Waals surface area contributed by atoms with Gasteiger partial charge in [0, 0.05) is 53.3 Å². The number of benzene rings is 7. The van der Waals surface area contributed by atoms with Gasteiger partial charge in [0.05, 0.1) is 11.0 Å². The Morgan fingerprint density at radius 3 is 1.70 bits per heavy atom. The second kappa shape index (κ2) is 11.6. The molecule has 0 amide bonds. The van der Waals surface area contributed by atoms with Crippen LogP contribution in [0.1, 0.15) is 0 Å². The molecule has 0 aliphatic heterocycles. The van der Waals surface area contributed by atoms with Gasteiger partial charge in [-0.05, 0) is 53.6 Å². The fourth-order valence-electron chi connectivity index (χ4n) is 7.21. The van der Waals surface area contributed by atoms with Gasteiger partial charge in [0.15, 0.2) is 17.5 Å². The Labute approximate surface area is 292 Å². The van der Waals surface area contributed by atoms with Crippen LogP contribution in [0.5, 0.6) is 0 Å². The van der Waals surface area contributed by atoms with Crippen LogP contribution in [0.4, 0.5) is 0 Å². The summed E-state index contributed by atoms with van der Waals surface area (Å²) in [6.45, 7) is 0. The lowest BCUT2D eigenvalue weighted by molar-refractivity contribution is 1.08. The highest BCUT2D eigenvalue weighted by atomic mass is 32.1. The van der Waals surface area contributed by atoms with E-state index in [1.165, 1.54) is 42.0 Å². The molecule has 0 saturated carbocycles. The summed E-state index contributed by atoms with van der Waals surface area (Å²) in [6, 6.07) is 59.7. The van der Waals surface area contributed by atoms with Crippen LogP contribution in [0.2, 0.25) is 0 Å². The van der Waals surface area contributed by atoms with E-state index in [1.807, 2.05) is 36.4 Å². The van der Waals surface area contributed by atoms with Crippen molar-refractivity contribution in [3.8, 4) is 51.0 Å². The predicted octanol–water partition coefficient (Wildman–Crippen LogP) is 12.0. The molecule has 0 aliphatic carbocycles. The fraction of sp³-hybridized carbons (Fsp3) is 0. The number of hydrogen-bond acceptors (Lipinski definition) is 4. The van der Waals surface area contributed by atoms with Crippen LogP contribution in [0.15, 0.2) is 170 Å². The molecule has 10 rings (SSSR count). The Balaban J connectivity index is 1.29. The SMILES string of the molecule is c1ccc(-c2nc(-c3ccccc3)nc(-c3c(-c4ccc5c(c4)c4ccccc4n5-c4ccccc4)ccc4sc5ccccc5c34)n2)cc1. The van der Waals surface area contributed by atoms with Gasteiger partial charge in [0.1, 0.15) is 0 Å². The molecule has 0 saturated heterocycles. The van der Waals surface area contributed by atoms with Gasteiger partial charge in [-0.3, -0.25) is 0 Å². The lowest BCUT2D eigenvalue weighted by Gasteiger charge is -2.14. The molecule has 10 aromatic rings. The molecule has 5 heteroatoms. The Morgan fingerprint density at radius 2 is 0.980 bits per heavy atom. The highest BCUT2D eigenvalue weighted by Crippen LogP contribution is 2.45. The van der Waals surface area contributed by atoms with E-state index in [1.54, 1.807) is 11.3 Å². The van der Waals surface area contributed by atoms with Crippen molar-refractivity contribution in [2.24, 2.45) is 0 Å². The topological polar surface area (TPSA) is 43.6 Å². The van der Waals surface area contributed by atoms with Crippen molar-refractivity contribution in [1.82, 2.24) is 19.5 Å². The first kappa shape index (κ1) is 28.6. The predicted molar refractivity (Wildman–Crippen MR) is 209 cm³/mol. The molecule has 7 aromatic carbocycles. The second-order valence-corrected chi connectivity index (χ2v) is 13.5. The molecule has 0 fully saturated rings. The van der Waals surface area contributed by atoms with Gasteiger partial charge >= 0.3 is 0 Å². The zero-order valence-corrected chi connectivity index (χ0v) is 27.7. The maximum absolute atomic E-state index is 5.26. The minimum Gasteiger partial charge on any atom is -0.309 e. The number of para-hydroxylation sites is 2. The quantitative estimate of drug-likeness (QED) is 0.185. The highest BCUT2D eigenvalue weighted by molar-refractivity contribution is 7.26. The third kappa shape index (κ3) is 4.63. The minimum absolute atomic E-state index is 0.651. The monoisotopic (exact) mass is 656 g/mol. The zero-order chi connectivity index (χ0) is 33.0. The standard InChI is InChI=1S/C45H28N4S/c1-4-14-29(15-5-1)43-46-44(30-16-6-2-7-17-30)48-45(47-43)42-33(25-27-40-41(42)35-21-11-13-23-39(35)50-40)31-24-26-38-36(28-31)34-20-10-12-22-37(34)49(38)32-18-8-3-9-19-32/h1-28H. The smallest absolute Gasteiger partial charge is 0.165 e. The molecule has 3 aromatic heterocycles. The van der Waals surface area contributed by atoms with E-state index in [0.29, 0.717) is 17.5 Å². The van der Waals surface area contributed by atoms with Crippen molar-refractivity contribution < 1.29 is 0 Å². The summed E-state index contributed by atoms with van der Waals surface area (Å²) in [5.74, 6) is 1.96. The van der Waals surface area contributed by atoms with Crippen LogP contribution >= 0.6 is 11.3 Å². The van der Waals surface area contributed by atoms with Crippen LogP contribution < -0.4 is 0 Å². The molecule has 234 valence electrons. The normalized spacial score (nSPS) is 11.6. The molecule has 0 bridgehead atoms. The zero-order valence-electron chi connectivity index (χ0n) is 26.9. The summed E-state index contributed by atoms with van der Waals surface area (Å²) in [4.78, 5) is 15.5. The molecular weight excluding hydrogens is 629 g/mol. The third-order valence-corrected chi connectivity index (χ3v) is 10.6. The Morgan fingerprint density at radius 1 is 0.400 bits per heavy atom. The van der Waals surface area contributed by atoms with Gasteiger partial charge in [-0.1, -0.05) is 127 Å². The van der Waals surface area contributed by atoms with Crippen LogP contribution in [0.25, 0.3) is 93.0 Å². The van der Waals surface area contributed by atoms with Crippen LogP contribution in [0, 0.1) is 0 Å². The van der Waals surface area contributed by atoms with E-state index in [4.69, 9.17) is 15.0 Å². The van der Waals surface area contributed by atoms with E-state index in [0.717, 1.165) is 33.5 Å². The summed E-state index contributed by atoms with van der Waals surface area (Å²) in [7, 11) is 0. The molecule has 0 radical (unpaired) electrons. The molecule has 0 spiro atoms. The molecule has 4 nitrogen and oxygen atoms in total. The summed E-state index contributed by atoms with van der Waals surface area (Å²) >= 11 is 1.81. The number of aromatic nitrogens is 4. The summed E-state index contributed by atoms with van der Waals surface area (Å²) < 4.78 is 4.80. The van der Waals surface area contributed by atoms with E-state index < -0.39 is 0 Å². The molecule has 0 atom stereocenters. The minimum atomic E-state index is 0.651. The van der Waals surface area contributed by atoms with E-state index >= 15 is 0 Å². The van der Waals surface area contributed by atoms with Crippen molar-refractivity contribution in [3.63, 3.8) is 0 Å². The van der Waals surface area contributed by atoms with E-state index in [9.17, 15) is 0 Å². The Kier molecular flexibility index (Phi) is 6.64. The van der Waals surface area contributed by atoms with Crippen LogP contribution in [-0.2, 0) is 0 Å². The van der Waals surface area contributed by atoms with Crippen molar-refractivity contribution >= 4 is 53.3 Å². The first-order valence-electron chi connectivity index (χ1n) is 16.7. The van der Waals surface area contributed by atoms with Crippen molar-refractivity contribution in [1.29, 1.82) is 0 Å². The number of fused-ring (bicyclic) bond motifs is 6. The molecule has 0 aliphatic rings. The van der Waals surface area contributed by atoms with Crippen molar-refractivity contribution in [3.05, 3.63) is 170 Å². The largest absolute Gasteiger partial charge is 0.309 e. The van der Waals surface area contributed by atoms with Gasteiger partial charge in [-0.15, -0.1) is 11.3 Å². The van der Waals surface area contributed by atoms with Gasteiger partial charge in [-0.25, -0.2) is 15.0 Å². The van der Waals surface area contributed by atoms with E-state index in [2.05, 4.69) is 138 Å². The van der Waals surface area contributed by atoms with Gasteiger partial charge in [0.25, 0.3) is 0 Å². The van der Waals surface area contributed by atoms with Crippen LogP contribution in [-0.4, -0.2) is 19.5 Å². The highest BCUT2D eigenvalue weighted by Gasteiger charge is 2.22. The third-order valence-electron chi connectivity index (χ3n) is 9.46. The lowest BCUT2D eigenvalue weighted by Crippen LogP contribution is -2.01. The van der Waals surface area contributed by atoms with Gasteiger partial charge in [0.2, 0.25) is 0 Å². The summed E-state index contributed by atoms with van der Waals surface area (Å²) in [6.07, 6.45) is 0. The lowest BCUT2D eigenvalue weighted by atomic mass is 9.93. The summed E-state index contributed by atoms with van der Waals surface area (Å²) in [5.41, 5.74) is 8.62. The maximum Gasteiger partial charge on any atom is 0.165 e.